The van der Waals surface area contributed by atoms with E-state index in [-0.39, 0.29) is 23.1 Å². The van der Waals surface area contributed by atoms with Gasteiger partial charge in [-0.15, -0.1) is 0 Å². The van der Waals surface area contributed by atoms with E-state index < -0.39 is 23.4 Å². The maximum absolute atomic E-state index is 13.7. The van der Waals surface area contributed by atoms with Crippen molar-refractivity contribution < 1.29 is 22.8 Å². The monoisotopic (exact) mass is 362 g/mol. The van der Waals surface area contributed by atoms with Gasteiger partial charge in [0, 0.05) is 30.8 Å². The number of amides is 2. The molecular weight excluding hydrogens is 345 g/mol. The highest BCUT2D eigenvalue weighted by Crippen LogP contribution is 2.16. The second-order valence-corrected chi connectivity index (χ2v) is 6.17. The summed E-state index contributed by atoms with van der Waals surface area (Å²) in [6, 6.07) is 8.06. The van der Waals surface area contributed by atoms with E-state index in [0.717, 1.165) is 12.1 Å². The molecule has 7 heteroatoms. The first kappa shape index (κ1) is 18.0. The summed E-state index contributed by atoms with van der Waals surface area (Å²) in [6.45, 7) is 0.790. The van der Waals surface area contributed by atoms with E-state index in [4.69, 9.17) is 0 Å². The van der Waals surface area contributed by atoms with Gasteiger partial charge in [-0.2, -0.15) is 0 Å². The van der Waals surface area contributed by atoms with Crippen LogP contribution < -0.4 is 5.32 Å². The third kappa shape index (κ3) is 4.04. The molecule has 1 aliphatic rings. The summed E-state index contributed by atoms with van der Waals surface area (Å²) < 4.78 is 39.8. The molecule has 1 heterocycles. The van der Waals surface area contributed by atoms with Crippen LogP contribution in [0.3, 0.4) is 0 Å². The van der Waals surface area contributed by atoms with E-state index in [1.54, 1.807) is 11.0 Å². The summed E-state index contributed by atoms with van der Waals surface area (Å²) in [5.41, 5.74) is 0.0607. The number of carbonyl (C=O) groups is 2. The molecular formula is C19H17F3N2O2. The topological polar surface area (TPSA) is 49.4 Å². The Morgan fingerprint density at radius 2 is 1.65 bits per heavy atom. The van der Waals surface area contributed by atoms with Gasteiger partial charge in [-0.05, 0) is 43.2 Å². The summed E-state index contributed by atoms with van der Waals surface area (Å²) in [4.78, 5) is 26.1. The van der Waals surface area contributed by atoms with Gasteiger partial charge in [0.1, 0.15) is 17.5 Å². The van der Waals surface area contributed by atoms with Gasteiger partial charge in [0.05, 0.1) is 5.56 Å². The van der Waals surface area contributed by atoms with Crippen LogP contribution in [0, 0.1) is 17.5 Å². The molecule has 1 N–H and O–H groups in total. The Morgan fingerprint density at radius 3 is 2.31 bits per heavy atom. The van der Waals surface area contributed by atoms with E-state index in [1.165, 1.54) is 18.2 Å². The minimum Gasteiger partial charge on any atom is -0.349 e. The van der Waals surface area contributed by atoms with Gasteiger partial charge in [0.15, 0.2) is 0 Å². The highest BCUT2D eigenvalue weighted by molar-refractivity contribution is 5.95. The van der Waals surface area contributed by atoms with Crippen molar-refractivity contribution in [1.82, 2.24) is 10.2 Å². The van der Waals surface area contributed by atoms with E-state index in [9.17, 15) is 22.8 Å². The van der Waals surface area contributed by atoms with Crippen LogP contribution in [0.1, 0.15) is 33.6 Å². The Hall–Kier alpha value is -2.83. The molecule has 136 valence electrons. The number of hydrogen-bond donors (Lipinski definition) is 1. The van der Waals surface area contributed by atoms with Crippen LogP contribution in [0.25, 0.3) is 0 Å². The maximum Gasteiger partial charge on any atom is 0.254 e. The number of benzene rings is 2. The predicted molar refractivity (Wildman–Crippen MR) is 89.1 cm³/mol. The number of halogens is 3. The largest absolute Gasteiger partial charge is 0.349 e. The van der Waals surface area contributed by atoms with Gasteiger partial charge in [0.2, 0.25) is 0 Å². The SMILES string of the molecule is O=C(NC1CCN(C(=O)c2cccc(F)c2)CC1)c1ccc(F)cc1F. The van der Waals surface area contributed by atoms with Gasteiger partial charge in [-0.1, -0.05) is 6.07 Å². The quantitative estimate of drug-likeness (QED) is 0.912. The molecule has 2 aromatic carbocycles. The van der Waals surface area contributed by atoms with Crippen molar-refractivity contribution in [3.05, 3.63) is 71.0 Å². The summed E-state index contributed by atoms with van der Waals surface area (Å²) in [5.74, 6) is -3.01. The zero-order valence-corrected chi connectivity index (χ0v) is 13.8. The number of nitrogens with zero attached hydrogens (tertiary/aromatic N) is 1. The van der Waals surface area contributed by atoms with Crippen molar-refractivity contribution >= 4 is 11.8 Å². The van der Waals surface area contributed by atoms with E-state index in [1.807, 2.05) is 0 Å². The molecule has 2 amide bonds. The summed E-state index contributed by atoms with van der Waals surface area (Å²) in [5, 5.41) is 2.70. The first-order chi connectivity index (χ1) is 12.4. The first-order valence-corrected chi connectivity index (χ1v) is 8.25. The minimum atomic E-state index is -0.916. The van der Waals surface area contributed by atoms with Crippen LogP contribution in [0.4, 0.5) is 13.2 Å². The van der Waals surface area contributed by atoms with E-state index in [0.29, 0.717) is 32.0 Å². The third-order valence-corrected chi connectivity index (χ3v) is 4.36. The molecule has 1 fully saturated rings. The molecule has 4 nitrogen and oxygen atoms in total. The second kappa shape index (κ2) is 7.59. The van der Waals surface area contributed by atoms with Crippen LogP contribution in [0.5, 0.6) is 0 Å². The molecule has 3 rings (SSSR count). The second-order valence-electron chi connectivity index (χ2n) is 6.17. The van der Waals surface area contributed by atoms with Crippen molar-refractivity contribution in [2.24, 2.45) is 0 Å². The van der Waals surface area contributed by atoms with Crippen molar-refractivity contribution in [2.75, 3.05) is 13.1 Å². The van der Waals surface area contributed by atoms with Crippen LogP contribution in [-0.4, -0.2) is 35.8 Å². The summed E-state index contributed by atoms with van der Waals surface area (Å²) >= 11 is 0. The minimum absolute atomic E-state index is 0.218. The van der Waals surface area contributed by atoms with Crippen LogP contribution >= 0.6 is 0 Å². The lowest BCUT2D eigenvalue weighted by Gasteiger charge is -2.32. The number of carbonyl (C=O) groups excluding carboxylic acids is 2. The first-order valence-electron chi connectivity index (χ1n) is 8.25. The number of nitrogens with one attached hydrogen (secondary N) is 1. The van der Waals surface area contributed by atoms with E-state index >= 15 is 0 Å². The van der Waals surface area contributed by atoms with Crippen molar-refractivity contribution in [3.8, 4) is 0 Å². The Kier molecular flexibility index (Phi) is 5.25. The van der Waals surface area contributed by atoms with Crippen molar-refractivity contribution in [2.45, 2.75) is 18.9 Å². The van der Waals surface area contributed by atoms with Crippen molar-refractivity contribution in [1.29, 1.82) is 0 Å². The van der Waals surface area contributed by atoms with Gasteiger partial charge in [-0.3, -0.25) is 9.59 Å². The zero-order chi connectivity index (χ0) is 18.7. The standard InChI is InChI=1S/C19H17F3N2O2/c20-13-3-1-2-12(10-13)19(26)24-8-6-15(7-9-24)23-18(25)16-5-4-14(21)11-17(16)22/h1-5,10-11,15H,6-9H2,(H,23,25). The lowest BCUT2D eigenvalue weighted by molar-refractivity contribution is 0.0697. The number of hydrogen-bond acceptors (Lipinski definition) is 2. The Bertz CT molecular complexity index is 833. The smallest absolute Gasteiger partial charge is 0.254 e. The summed E-state index contributed by atoms with van der Waals surface area (Å²) in [6.07, 6.45) is 0.991. The molecule has 2 aromatic rings. The maximum atomic E-state index is 13.7. The molecule has 0 aromatic heterocycles. The lowest BCUT2D eigenvalue weighted by atomic mass is 10.0. The van der Waals surface area contributed by atoms with Gasteiger partial charge in [0.25, 0.3) is 11.8 Å². The van der Waals surface area contributed by atoms with Crippen molar-refractivity contribution in [3.63, 3.8) is 0 Å². The number of likely N-dealkylation sites (tertiary alicyclic amines) is 1. The molecule has 0 atom stereocenters. The van der Waals surface area contributed by atoms with Gasteiger partial charge in [-0.25, -0.2) is 13.2 Å². The highest BCUT2D eigenvalue weighted by atomic mass is 19.1. The van der Waals surface area contributed by atoms with Gasteiger partial charge < -0.3 is 10.2 Å². The Labute approximate surface area is 148 Å². The molecule has 0 unspecified atom stereocenters. The molecule has 0 spiro atoms. The molecule has 0 bridgehead atoms. The third-order valence-electron chi connectivity index (χ3n) is 4.36. The molecule has 1 aliphatic heterocycles. The fraction of sp³-hybridized carbons (Fsp3) is 0.263. The van der Waals surface area contributed by atoms with Crippen LogP contribution in [0.2, 0.25) is 0 Å². The number of rotatable bonds is 3. The average Bonchev–Trinajstić information content (AvgIpc) is 2.61. The predicted octanol–water partition coefficient (Wildman–Crippen LogP) is 3.14. The fourth-order valence-electron chi connectivity index (χ4n) is 2.97. The Morgan fingerprint density at radius 1 is 0.962 bits per heavy atom. The average molecular weight is 362 g/mol. The molecule has 0 aliphatic carbocycles. The molecule has 0 radical (unpaired) electrons. The lowest BCUT2D eigenvalue weighted by Crippen LogP contribution is -2.46. The van der Waals surface area contributed by atoms with Crippen LogP contribution in [0.15, 0.2) is 42.5 Å². The van der Waals surface area contributed by atoms with E-state index in [2.05, 4.69) is 5.32 Å². The summed E-state index contributed by atoms with van der Waals surface area (Å²) in [7, 11) is 0. The molecule has 0 saturated carbocycles. The van der Waals surface area contributed by atoms with Gasteiger partial charge >= 0.3 is 0 Å². The Balaban J connectivity index is 1.57. The number of piperidine rings is 1. The highest BCUT2D eigenvalue weighted by Gasteiger charge is 2.25. The zero-order valence-electron chi connectivity index (χ0n) is 13.8. The fourth-order valence-corrected chi connectivity index (χ4v) is 2.97. The molecule has 1 saturated heterocycles. The normalized spacial score (nSPS) is 15.0. The molecule has 26 heavy (non-hydrogen) atoms. The van der Waals surface area contributed by atoms with Crippen LogP contribution in [-0.2, 0) is 0 Å².